The zero-order chi connectivity index (χ0) is 19.8. The van der Waals surface area contributed by atoms with Crippen molar-refractivity contribution in [1.82, 2.24) is 0 Å². The molecule has 0 aromatic heterocycles. The average Bonchev–Trinajstić information content (AvgIpc) is 3.04. The molecule has 2 aromatic carbocycles. The molecular weight excluding hydrogens is 389 g/mol. The first-order chi connectivity index (χ1) is 12.6. The van der Waals surface area contributed by atoms with Crippen molar-refractivity contribution >= 4 is 34.8 Å². The van der Waals surface area contributed by atoms with Gasteiger partial charge in [0, 0.05) is 18.2 Å². The number of halogens is 4. The highest BCUT2D eigenvalue weighted by Crippen LogP contribution is 2.40. The molecule has 2 aromatic rings. The molecule has 0 fully saturated rings. The Labute approximate surface area is 156 Å². The number of hydrogen-bond donors (Lipinski definition) is 2. The van der Waals surface area contributed by atoms with E-state index in [1.54, 1.807) is 0 Å². The van der Waals surface area contributed by atoms with E-state index in [0.29, 0.717) is 0 Å². The van der Waals surface area contributed by atoms with Gasteiger partial charge < -0.3 is 20.1 Å². The summed E-state index contributed by atoms with van der Waals surface area (Å²) in [5, 5.41) is 4.58. The monoisotopic (exact) mass is 400 g/mol. The smallest absolute Gasteiger partial charge is 0.418 e. The summed E-state index contributed by atoms with van der Waals surface area (Å²) in [4.78, 5) is 23.5. The van der Waals surface area contributed by atoms with Crippen molar-refractivity contribution in [1.29, 1.82) is 0 Å². The Morgan fingerprint density at radius 2 is 1.85 bits per heavy atom. The summed E-state index contributed by atoms with van der Waals surface area (Å²) in [5.74, 6) is -0.837. The molecule has 0 atom stereocenters. The molecule has 0 aliphatic carbocycles. The van der Waals surface area contributed by atoms with E-state index in [2.05, 4.69) is 10.6 Å². The van der Waals surface area contributed by atoms with Crippen LogP contribution in [0.4, 0.5) is 24.5 Å². The zero-order valence-corrected chi connectivity index (χ0v) is 14.5. The summed E-state index contributed by atoms with van der Waals surface area (Å²) in [5.41, 5.74) is -1.61. The van der Waals surface area contributed by atoms with Crippen LogP contribution in [0.3, 0.4) is 0 Å². The number of amides is 2. The van der Waals surface area contributed by atoms with Crippen LogP contribution < -0.4 is 20.1 Å². The second-order valence-electron chi connectivity index (χ2n) is 5.59. The Morgan fingerprint density at radius 3 is 2.52 bits per heavy atom. The van der Waals surface area contributed by atoms with Gasteiger partial charge in [-0.15, -0.1) is 0 Å². The van der Waals surface area contributed by atoms with E-state index < -0.39 is 29.2 Å². The largest absolute Gasteiger partial charge is 0.454 e. The number of carbonyl (C=O) groups excluding carboxylic acids is 2. The molecule has 2 amide bonds. The molecule has 142 valence electrons. The van der Waals surface area contributed by atoms with Gasteiger partial charge in [-0.25, -0.2) is 0 Å². The van der Waals surface area contributed by atoms with Gasteiger partial charge in [-0.3, -0.25) is 9.59 Å². The summed E-state index contributed by atoms with van der Waals surface area (Å²) < 4.78 is 50.3. The third-order valence-corrected chi connectivity index (χ3v) is 3.86. The van der Waals surface area contributed by atoms with Gasteiger partial charge >= 0.3 is 6.18 Å². The van der Waals surface area contributed by atoms with Crippen LogP contribution in [0, 0.1) is 0 Å². The number of ether oxygens (including phenoxy) is 2. The second-order valence-corrected chi connectivity index (χ2v) is 5.99. The third-order valence-electron chi connectivity index (χ3n) is 3.58. The van der Waals surface area contributed by atoms with Crippen LogP contribution in [-0.2, 0) is 11.0 Å². The molecule has 0 radical (unpaired) electrons. The van der Waals surface area contributed by atoms with Gasteiger partial charge in [0.15, 0.2) is 11.5 Å². The highest BCUT2D eigenvalue weighted by atomic mass is 35.5. The first-order valence-electron chi connectivity index (χ1n) is 7.54. The minimum Gasteiger partial charge on any atom is -0.454 e. The Morgan fingerprint density at radius 1 is 1.11 bits per heavy atom. The summed E-state index contributed by atoms with van der Waals surface area (Å²) >= 11 is 5.99. The van der Waals surface area contributed by atoms with Crippen LogP contribution in [0.15, 0.2) is 30.3 Å². The predicted molar refractivity (Wildman–Crippen MR) is 91.3 cm³/mol. The van der Waals surface area contributed by atoms with Gasteiger partial charge in [0.05, 0.1) is 16.3 Å². The van der Waals surface area contributed by atoms with Crippen molar-refractivity contribution in [2.75, 3.05) is 17.4 Å². The maximum atomic E-state index is 13.3. The molecule has 0 bridgehead atoms. The lowest BCUT2D eigenvalue weighted by atomic mass is 10.1. The normalized spacial score (nSPS) is 12.6. The Hall–Kier alpha value is -2.94. The number of anilines is 2. The highest BCUT2D eigenvalue weighted by Gasteiger charge is 2.34. The van der Waals surface area contributed by atoms with E-state index in [0.717, 1.165) is 12.1 Å². The number of nitrogens with one attached hydrogen (secondary N) is 2. The number of hydrogen-bond acceptors (Lipinski definition) is 4. The first kappa shape index (κ1) is 18.8. The van der Waals surface area contributed by atoms with E-state index in [9.17, 15) is 22.8 Å². The SMILES string of the molecule is CC(=O)Nc1ccc(NC(=O)c2cc(Cl)c3c(c2)OCO3)c(C(F)(F)F)c1. The number of alkyl halides is 3. The highest BCUT2D eigenvalue weighted by molar-refractivity contribution is 6.32. The van der Waals surface area contributed by atoms with E-state index in [4.69, 9.17) is 21.1 Å². The van der Waals surface area contributed by atoms with Crippen molar-refractivity contribution in [3.8, 4) is 11.5 Å². The molecular formula is C17H12ClF3N2O4. The van der Waals surface area contributed by atoms with E-state index >= 15 is 0 Å². The maximum Gasteiger partial charge on any atom is 0.418 e. The van der Waals surface area contributed by atoms with Crippen molar-refractivity contribution in [2.24, 2.45) is 0 Å². The minimum atomic E-state index is -4.75. The fourth-order valence-electron chi connectivity index (χ4n) is 2.46. The Kier molecular flexibility index (Phi) is 4.88. The van der Waals surface area contributed by atoms with Crippen LogP contribution in [-0.4, -0.2) is 18.6 Å². The average molecular weight is 401 g/mol. The van der Waals surface area contributed by atoms with Crippen LogP contribution in [0.25, 0.3) is 0 Å². The van der Waals surface area contributed by atoms with Crippen LogP contribution in [0.5, 0.6) is 11.5 Å². The van der Waals surface area contributed by atoms with E-state index in [1.807, 2.05) is 0 Å². The van der Waals surface area contributed by atoms with Gasteiger partial charge in [0.25, 0.3) is 5.91 Å². The van der Waals surface area contributed by atoms with E-state index in [1.165, 1.54) is 25.1 Å². The maximum absolute atomic E-state index is 13.3. The lowest BCUT2D eigenvalue weighted by Gasteiger charge is -2.16. The Balaban J connectivity index is 1.92. The van der Waals surface area contributed by atoms with Gasteiger partial charge in [-0.2, -0.15) is 13.2 Å². The summed E-state index contributed by atoms with van der Waals surface area (Å²) in [6.07, 6.45) is -4.75. The van der Waals surface area contributed by atoms with Gasteiger partial charge in [-0.1, -0.05) is 11.6 Å². The number of rotatable bonds is 3. The third kappa shape index (κ3) is 4.08. The van der Waals surface area contributed by atoms with Crippen LogP contribution in [0.1, 0.15) is 22.8 Å². The molecule has 0 saturated carbocycles. The second kappa shape index (κ2) is 6.99. The minimum absolute atomic E-state index is 0.00307. The van der Waals surface area contributed by atoms with Gasteiger partial charge in [0.2, 0.25) is 12.7 Å². The van der Waals surface area contributed by atoms with Crippen LogP contribution in [0.2, 0.25) is 5.02 Å². The zero-order valence-electron chi connectivity index (χ0n) is 13.7. The summed E-state index contributed by atoms with van der Waals surface area (Å²) in [6, 6.07) is 5.63. The van der Waals surface area contributed by atoms with Gasteiger partial charge in [0.1, 0.15) is 0 Å². The van der Waals surface area contributed by atoms with Crippen molar-refractivity contribution in [3.05, 3.63) is 46.5 Å². The molecule has 0 unspecified atom stereocenters. The number of fused-ring (bicyclic) bond motifs is 1. The molecule has 6 nitrogen and oxygen atoms in total. The predicted octanol–water partition coefficient (Wildman–Crippen LogP) is 4.30. The molecule has 1 aliphatic rings. The molecule has 1 heterocycles. The quantitative estimate of drug-likeness (QED) is 0.805. The number of benzene rings is 2. The first-order valence-corrected chi connectivity index (χ1v) is 7.92. The van der Waals surface area contributed by atoms with Crippen LogP contribution >= 0.6 is 11.6 Å². The van der Waals surface area contributed by atoms with E-state index in [-0.39, 0.29) is 34.6 Å². The topological polar surface area (TPSA) is 76.7 Å². The lowest BCUT2D eigenvalue weighted by Crippen LogP contribution is -2.17. The summed E-state index contributed by atoms with van der Waals surface area (Å²) in [6.45, 7) is 1.11. The van der Waals surface area contributed by atoms with Crippen molar-refractivity contribution in [3.63, 3.8) is 0 Å². The summed E-state index contributed by atoms with van der Waals surface area (Å²) in [7, 11) is 0. The molecule has 1 aliphatic heterocycles. The lowest BCUT2D eigenvalue weighted by molar-refractivity contribution is -0.137. The van der Waals surface area contributed by atoms with Crippen molar-refractivity contribution in [2.45, 2.75) is 13.1 Å². The van der Waals surface area contributed by atoms with Crippen molar-refractivity contribution < 1.29 is 32.2 Å². The molecule has 27 heavy (non-hydrogen) atoms. The van der Waals surface area contributed by atoms with Gasteiger partial charge in [-0.05, 0) is 30.3 Å². The standard InChI is InChI=1S/C17H12ClF3N2O4/c1-8(24)22-10-2-3-13(11(6-10)17(19,20)21)23-16(25)9-4-12(18)15-14(5-9)26-7-27-15/h2-6H,7H2,1H3,(H,22,24)(H,23,25). The number of carbonyl (C=O) groups is 2. The molecule has 0 saturated heterocycles. The Bertz CT molecular complexity index is 931. The molecule has 2 N–H and O–H groups in total. The fraction of sp³-hybridized carbons (Fsp3) is 0.176. The molecule has 10 heteroatoms. The molecule has 3 rings (SSSR count). The molecule has 0 spiro atoms. The fourth-order valence-corrected chi connectivity index (χ4v) is 2.73.